The Morgan fingerprint density at radius 1 is 1.12 bits per heavy atom. The number of nitrogen functional groups attached to an aromatic ring is 1. The number of hydrogen-bond donors (Lipinski definition) is 1. The smallest absolute Gasteiger partial charge is 0.182 e. The van der Waals surface area contributed by atoms with E-state index >= 15 is 0 Å². The molecule has 0 aliphatic carbocycles. The van der Waals surface area contributed by atoms with Crippen LogP contribution in [0.15, 0.2) is 46.0 Å². The normalized spacial score (nSPS) is 11.5. The first-order valence-electron chi connectivity index (χ1n) is 4.67. The van der Waals surface area contributed by atoms with Crippen molar-refractivity contribution in [3.63, 3.8) is 0 Å². The van der Waals surface area contributed by atoms with Crippen molar-refractivity contribution in [2.75, 3.05) is 5.73 Å². The molecule has 0 bridgehead atoms. The molecule has 2 aromatic rings. The minimum Gasteiger partial charge on any atom is -0.399 e. The second-order valence-electron chi connectivity index (χ2n) is 3.46. The molecule has 1 heterocycles. The zero-order chi connectivity index (χ0) is 11.6. The van der Waals surface area contributed by atoms with Crippen molar-refractivity contribution >= 4 is 26.9 Å². The Morgan fingerprint density at radius 3 is 2.38 bits per heavy atom. The first kappa shape index (κ1) is 11.2. The van der Waals surface area contributed by atoms with Gasteiger partial charge in [0.2, 0.25) is 0 Å². The van der Waals surface area contributed by atoms with Gasteiger partial charge in [0.15, 0.2) is 9.84 Å². The number of anilines is 1. The van der Waals surface area contributed by atoms with E-state index in [1.165, 1.54) is 23.5 Å². The summed E-state index contributed by atoms with van der Waals surface area (Å²) in [5.41, 5.74) is 6.90. The lowest BCUT2D eigenvalue weighted by atomic mass is 10.3. The molecule has 84 valence electrons. The lowest BCUT2D eigenvalue weighted by molar-refractivity contribution is 0.595. The van der Waals surface area contributed by atoms with E-state index < -0.39 is 9.84 Å². The molecule has 0 amide bonds. The van der Waals surface area contributed by atoms with Crippen LogP contribution in [0.3, 0.4) is 0 Å². The highest BCUT2D eigenvalue weighted by atomic mass is 32.2. The van der Waals surface area contributed by atoms with Crippen LogP contribution in [0.2, 0.25) is 0 Å². The summed E-state index contributed by atoms with van der Waals surface area (Å²) < 4.78 is 23.9. The summed E-state index contributed by atoms with van der Waals surface area (Å²) in [6, 6.07) is 8.09. The summed E-state index contributed by atoms with van der Waals surface area (Å²) in [5.74, 6) is 0.0421. The van der Waals surface area contributed by atoms with Crippen molar-refractivity contribution in [3.8, 4) is 0 Å². The van der Waals surface area contributed by atoms with Gasteiger partial charge in [0, 0.05) is 5.69 Å². The van der Waals surface area contributed by atoms with Crippen molar-refractivity contribution in [1.82, 2.24) is 0 Å². The van der Waals surface area contributed by atoms with Crippen molar-refractivity contribution in [2.24, 2.45) is 0 Å². The Morgan fingerprint density at radius 2 is 1.81 bits per heavy atom. The van der Waals surface area contributed by atoms with Gasteiger partial charge < -0.3 is 5.73 Å². The predicted octanol–water partition coefficient (Wildman–Crippen LogP) is 2.30. The maximum Gasteiger partial charge on any atom is 0.182 e. The van der Waals surface area contributed by atoms with E-state index in [-0.39, 0.29) is 5.75 Å². The third kappa shape index (κ3) is 2.43. The molecular formula is C11H11NO2S2. The molecule has 2 N–H and O–H groups in total. The SMILES string of the molecule is Nc1ccc(S(=O)(=O)Cc2ccsc2)cc1. The zero-order valence-corrected chi connectivity index (χ0v) is 10.1. The molecule has 3 nitrogen and oxygen atoms in total. The number of rotatable bonds is 3. The Balaban J connectivity index is 2.29. The third-order valence-corrected chi connectivity index (χ3v) is 4.61. The minimum absolute atomic E-state index is 0.0421. The Labute approximate surface area is 98.5 Å². The standard InChI is InChI=1S/C11H11NO2S2/c12-10-1-3-11(4-2-10)16(13,14)8-9-5-6-15-7-9/h1-7H,8,12H2. The van der Waals surface area contributed by atoms with Crippen LogP contribution in [0.25, 0.3) is 0 Å². The Bertz CT molecular complexity index is 557. The molecule has 1 aromatic heterocycles. The van der Waals surface area contributed by atoms with Gasteiger partial charge in [0.25, 0.3) is 0 Å². The fourth-order valence-electron chi connectivity index (χ4n) is 1.35. The molecule has 0 aliphatic heterocycles. The van der Waals surface area contributed by atoms with Gasteiger partial charge in [-0.2, -0.15) is 11.3 Å². The molecule has 1 aromatic carbocycles. The Hall–Kier alpha value is -1.33. The van der Waals surface area contributed by atoms with Crippen LogP contribution in [0.5, 0.6) is 0 Å². The molecule has 16 heavy (non-hydrogen) atoms. The molecule has 0 spiro atoms. The molecule has 0 aliphatic rings. The van der Waals surface area contributed by atoms with Gasteiger partial charge in [-0.25, -0.2) is 8.42 Å². The predicted molar refractivity (Wildman–Crippen MR) is 66.1 cm³/mol. The molecule has 2 rings (SSSR count). The summed E-state index contributed by atoms with van der Waals surface area (Å²) in [7, 11) is -3.25. The van der Waals surface area contributed by atoms with E-state index in [2.05, 4.69) is 0 Å². The van der Waals surface area contributed by atoms with E-state index in [1.54, 1.807) is 12.1 Å². The number of thiophene rings is 1. The third-order valence-electron chi connectivity index (χ3n) is 2.18. The summed E-state index contributed by atoms with van der Waals surface area (Å²) in [6.45, 7) is 0. The van der Waals surface area contributed by atoms with Gasteiger partial charge in [0.1, 0.15) is 0 Å². The molecule has 0 fully saturated rings. The van der Waals surface area contributed by atoms with Crippen LogP contribution in [0.1, 0.15) is 5.56 Å². The lowest BCUT2D eigenvalue weighted by Gasteiger charge is -2.03. The highest BCUT2D eigenvalue weighted by Gasteiger charge is 2.14. The van der Waals surface area contributed by atoms with Crippen LogP contribution in [-0.2, 0) is 15.6 Å². The monoisotopic (exact) mass is 253 g/mol. The van der Waals surface area contributed by atoms with Crippen LogP contribution in [0.4, 0.5) is 5.69 Å². The van der Waals surface area contributed by atoms with Crippen LogP contribution >= 0.6 is 11.3 Å². The maximum absolute atomic E-state index is 12.0. The van der Waals surface area contributed by atoms with E-state index in [4.69, 9.17) is 5.73 Å². The molecule has 5 heteroatoms. The average molecular weight is 253 g/mol. The number of benzene rings is 1. The fraction of sp³-hybridized carbons (Fsp3) is 0.0909. The van der Waals surface area contributed by atoms with Crippen LogP contribution in [0, 0.1) is 0 Å². The van der Waals surface area contributed by atoms with Crippen molar-refractivity contribution in [2.45, 2.75) is 10.6 Å². The van der Waals surface area contributed by atoms with Crippen LogP contribution in [-0.4, -0.2) is 8.42 Å². The number of hydrogen-bond acceptors (Lipinski definition) is 4. The van der Waals surface area contributed by atoms with E-state index in [0.717, 1.165) is 5.56 Å². The lowest BCUT2D eigenvalue weighted by Crippen LogP contribution is -2.04. The molecular weight excluding hydrogens is 242 g/mol. The van der Waals surface area contributed by atoms with Crippen molar-refractivity contribution in [3.05, 3.63) is 46.7 Å². The van der Waals surface area contributed by atoms with Gasteiger partial charge >= 0.3 is 0 Å². The Kier molecular flexibility index (Phi) is 2.98. The quantitative estimate of drug-likeness (QED) is 0.854. The van der Waals surface area contributed by atoms with Gasteiger partial charge in [-0.05, 0) is 46.7 Å². The molecule has 0 atom stereocenters. The van der Waals surface area contributed by atoms with E-state index in [1.807, 2.05) is 16.8 Å². The second-order valence-corrected chi connectivity index (χ2v) is 6.23. The van der Waals surface area contributed by atoms with Gasteiger partial charge in [-0.1, -0.05) is 0 Å². The zero-order valence-electron chi connectivity index (χ0n) is 8.46. The summed E-state index contributed by atoms with van der Waals surface area (Å²) in [4.78, 5) is 0.313. The molecule has 0 saturated heterocycles. The summed E-state index contributed by atoms with van der Waals surface area (Å²) in [6.07, 6.45) is 0. The fourth-order valence-corrected chi connectivity index (χ4v) is 3.46. The first-order valence-corrected chi connectivity index (χ1v) is 7.27. The number of sulfone groups is 1. The van der Waals surface area contributed by atoms with Gasteiger partial charge in [-0.3, -0.25) is 0 Å². The van der Waals surface area contributed by atoms with Gasteiger partial charge in [0.05, 0.1) is 10.6 Å². The van der Waals surface area contributed by atoms with E-state index in [9.17, 15) is 8.42 Å². The highest BCUT2D eigenvalue weighted by Crippen LogP contribution is 2.18. The van der Waals surface area contributed by atoms with Crippen molar-refractivity contribution in [1.29, 1.82) is 0 Å². The average Bonchev–Trinajstić information content (AvgIpc) is 2.70. The topological polar surface area (TPSA) is 60.2 Å². The largest absolute Gasteiger partial charge is 0.399 e. The summed E-state index contributed by atoms with van der Waals surface area (Å²) in [5, 5.41) is 3.71. The second kappa shape index (κ2) is 4.27. The summed E-state index contributed by atoms with van der Waals surface area (Å²) >= 11 is 1.49. The molecule has 0 unspecified atom stereocenters. The first-order chi connectivity index (χ1) is 7.58. The van der Waals surface area contributed by atoms with Crippen molar-refractivity contribution < 1.29 is 8.42 Å². The van der Waals surface area contributed by atoms with Crippen LogP contribution < -0.4 is 5.73 Å². The highest BCUT2D eigenvalue weighted by molar-refractivity contribution is 7.90. The van der Waals surface area contributed by atoms with E-state index in [0.29, 0.717) is 10.6 Å². The minimum atomic E-state index is -3.25. The molecule has 0 saturated carbocycles. The number of nitrogens with two attached hydrogens (primary N) is 1. The maximum atomic E-state index is 12.0. The van der Waals surface area contributed by atoms with Gasteiger partial charge in [-0.15, -0.1) is 0 Å². The molecule has 0 radical (unpaired) electrons.